The quantitative estimate of drug-likeness (QED) is 0.00602. The molecule has 4 aromatic rings. The molecule has 0 saturated heterocycles. The molecule has 0 amide bonds. The number of aliphatic hydroxyl groups excluding tert-OH is 1. The molecule has 33 heteroatoms. The summed E-state index contributed by atoms with van der Waals surface area (Å²) in [7, 11) is -9.57. The van der Waals surface area contributed by atoms with Crippen LogP contribution < -0.4 is 150 Å². The van der Waals surface area contributed by atoms with E-state index in [0.717, 1.165) is 6.07 Å². The van der Waals surface area contributed by atoms with Crippen molar-refractivity contribution in [1.29, 1.82) is 0 Å². The summed E-state index contributed by atoms with van der Waals surface area (Å²) in [6.07, 6.45) is 4.13. The average molecular weight is 978 g/mol. The van der Waals surface area contributed by atoms with E-state index in [1.54, 1.807) is 19.1 Å². The Labute approximate surface area is 452 Å². The largest absolute Gasteiger partial charge is 1.00 e. The van der Waals surface area contributed by atoms with E-state index in [0.29, 0.717) is 35.3 Å². The summed E-state index contributed by atoms with van der Waals surface area (Å²) in [5.74, 6) is -0.486. The van der Waals surface area contributed by atoms with Crippen molar-refractivity contribution in [2.45, 2.75) is 16.7 Å². The Morgan fingerprint density at radius 2 is 1.35 bits per heavy atom. The molecule has 0 atom stereocenters. The Kier molecular flexibility index (Phi) is 31.7. The number of anilines is 6. The van der Waals surface area contributed by atoms with Crippen LogP contribution in [0.5, 0.6) is 0 Å². The van der Waals surface area contributed by atoms with E-state index in [1.807, 2.05) is 0 Å². The van der Waals surface area contributed by atoms with Crippen molar-refractivity contribution in [3.05, 3.63) is 53.3 Å². The third-order valence-corrected chi connectivity index (χ3v) is 9.29. The molecule has 2 heterocycles. The van der Waals surface area contributed by atoms with Crippen LogP contribution in [0, 0.1) is 6.92 Å². The van der Waals surface area contributed by atoms with Gasteiger partial charge in [0.05, 0.1) is 58.4 Å². The Morgan fingerprint density at radius 1 is 0.758 bits per heavy atom. The van der Waals surface area contributed by atoms with Gasteiger partial charge in [-0.1, -0.05) is 24.3 Å². The van der Waals surface area contributed by atoms with Crippen LogP contribution in [0.15, 0.2) is 51.2 Å². The second-order valence-corrected chi connectivity index (χ2v) is 15.1. The standard InChI is InChI=1S/C29H35N11O14S4.4Na/c1-18-33-25(31-9-14-55-53-51-42)38-28(34-18)36-22-7-5-20(24(17-22)58(47,48)49)3-2-19-4-6-21(16-23(19)56-54-52-43)35-29-39-26(30-8-12-50-13-11-41)37-27(40-29)32-10-15-57(44,45)46;;;;/h2-7,9,16-17,41-43H,8,10-15H2,1H3,(H,44,45,46)(H,47,48,49)(H,33,34,36,38)(H3,30,32,35,37,39,40);;;;/q;4*+1/p-4/b3-2+,31-9+;;;;. The summed E-state index contributed by atoms with van der Waals surface area (Å²) < 4.78 is 84.2. The van der Waals surface area contributed by atoms with E-state index in [-0.39, 0.29) is 209 Å². The van der Waals surface area contributed by atoms with E-state index in [9.17, 15) is 36.5 Å². The number of ether oxygens (including phenoxy) is 1. The number of aliphatic hydroxyl groups is 1. The summed E-state index contributed by atoms with van der Waals surface area (Å²) in [6.45, 7) is 1.61. The maximum absolute atomic E-state index is 12.4. The summed E-state index contributed by atoms with van der Waals surface area (Å²) >= 11 is 1.17. The number of hydrogen-bond acceptors (Lipinski definition) is 27. The maximum Gasteiger partial charge on any atom is 1.00 e. The second-order valence-electron chi connectivity index (χ2n) is 10.8. The van der Waals surface area contributed by atoms with Gasteiger partial charge in [0.15, 0.2) is 0 Å². The third kappa shape index (κ3) is 23.1. The smallest absolute Gasteiger partial charge is 0.748 e. The van der Waals surface area contributed by atoms with Crippen LogP contribution in [0.3, 0.4) is 0 Å². The average Bonchev–Trinajstić information content (AvgIpc) is 3.15. The molecule has 314 valence electrons. The number of benzene rings is 2. The van der Waals surface area contributed by atoms with Crippen molar-refractivity contribution < 1.29 is 183 Å². The molecular weight excluding hydrogens is 947 g/mol. The van der Waals surface area contributed by atoms with Gasteiger partial charge in [0.2, 0.25) is 23.8 Å². The molecule has 0 unspecified atom stereocenters. The molecule has 0 aliphatic rings. The van der Waals surface area contributed by atoms with Crippen LogP contribution in [-0.4, -0.2) is 112 Å². The molecule has 2 aromatic heterocycles. The predicted octanol–water partition coefficient (Wildman–Crippen LogP) is -11.9. The fraction of sp³-hybridized carbons (Fsp3) is 0.276. The first kappa shape index (κ1) is 61.3. The molecule has 0 saturated carbocycles. The molecule has 0 aliphatic carbocycles. The van der Waals surface area contributed by atoms with E-state index < -0.39 is 30.9 Å². The van der Waals surface area contributed by atoms with Gasteiger partial charge in [-0.15, -0.1) is 0 Å². The minimum absolute atomic E-state index is 0. The molecular formula is C29H31N11Na4O14S4. The SMILES string of the molecule is Cc1nc(/N=C/CSOO[O-])nc(Nc2ccc(/C=C/c3ccc(Nc4nc(NCCOCCO)nc(NCCS(=O)(=O)[O-])n4)cc3SOO[O-])c(S(=O)(=O)[O-])c2)n1.[Na+].[Na+].[Na+].[Na+]. The Balaban J connectivity index is 0.00000930. The number of aliphatic imine (C=N–C) groups is 1. The first-order chi connectivity index (χ1) is 27.8. The first-order valence-corrected chi connectivity index (χ1v) is 20.7. The number of aromatic nitrogens is 6. The van der Waals surface area contributed by atoms with Crippen LogP contribution in [0.25, 0.3) is 12.2 Å². The van der Waals surface area contributed by atoms with Crippen LogP contribution in [0.1, 0.15) is 17.0 Å². The number of rotatable bonds is 25. The van der Waals surface area contributed by atoms with Gasteiger partial charge in [-0.3, -0.25) is 10.1 Å². The van der Waals surface area contributed by atoms with Crippen molar-refractivity contribution >= 4 is 104 Å². The fourth-order valence-electron chi connectivity index (χ4n) is 4.33. The molecule has 2 aromatic carbocycles. The van der Waals surface area contributed by atoms with E-state index in [4.69, 9.17) is 9.84 Å². The van der Waals surface area contributed by atoms with Gasteiger partial charge in [-0.2, -0.15) is 38.6 Å². The van der Waals surface area contributed by atoms with Crippen LogP contribution in [0.2, 0.25) is 0 Å². The second kappa shape index (κ2) is 32.1. The molecule has 4 rings (SSSR count). The van der Waals surface area contributed by atoms with Crippen molar-refractivity contribution in [2.75, 3.05) is 65.7 Å². The minimum atomic E-state index is -5.04. The summed E-state index contributed by atoms with van der Waals surface area (Å²) in [5, 5.41) is 47.5. The number of aryl methyl sites for hydroxylation is 1. The van der Waals surface area contributed by atoms with Gasteiger partial charge in [-0.25, -0.2) is 21.8 Å². The first-order valence-electron chi connectivity index (χ1n) is 16.0. The topological polar surface area (TPSA) is 365 Å². The van der Waals surface area contributed by atoms with Crippen LogP contribution in [0.4, 0.5) is 41.1 Å². The minimum Gasteiger partial charge on any atom is -0.748 e. The number of nitrogens with zero attached hydrogens (tertiary/aromatic N) is 7. The molecule has 5 N–H and O–H groups in total. The van der Waals surface area contributed by atoms with E-state index in [1.165, 1.54) is 36.6 Å². The van der Waals surface area contributed by atoms with Gasteiger partial charge >= 0.3 is 118 Å². The van der Waals surface area contributed by atoms with Gasteiger partial charge in [-0.05, 0) is 42.3 Å². The zero-order valence-electron chi connectivity index (χ0n) is 33.7. The molecule has 0 radical (unpaired) electrons. The zero-order valence-corrected chi connectivity index (χ0v) is 44.9. The molecule has 0 aliphatic heterocycles. The molecule has 0 spiro atoms. The van der Waals surface area contributed by atoms with Crippen molar-refractivity contribution in [2.24, 2.45) is 4.99 Å². The Hall–Kier alpha value is -0.730. The zero-order chi connectivity index (χ0) is 42.0. The molecule has 0 fully saturated rings. The van der Waals surface area contributed by atoms with Crippen molar-refractivity contribution in [3.8, 4) is 0 Å². The van der Waals surface area contributed by atoms with E-state index >= 15 is 0 Å². The molecule has 62 heavy (non-hydrogen) atoms. The number of hydrogen-bond donors (Lipinski definition) is 5. The maximum atomic E-state index is 12.4. The summed E-state index contributed by atoms with van der Waals surface area (Å²) in [6, 6.07) is 8.49. The van der Waals surface area contributed by atoms with Gasteiger partial charge in [0.25, 0.3) is 5.95 Å². The van der Waals surface area contributed by atoms with Gasteiger partial charge in [0.1, 0.15) is 15.9 Å². The van der Waals surface area contributed by atoms with Crippen molar-refractivity contribution in [3.63, 3.8) is 0 Å². The third-order valence-electron chi connectivity index (χ3n) is 6.60. The van der Waals surface area contributed by atoms with Crippen molar-refractivity contribution in [1.82, 2.24) is 29.9 Å². The number of nitrogens with one attached hydrogen (secondary N) is 4. The van der Waals surface area contributed by atoms with Gasteiger partial charge < -0.3 is 50.7 Å². The van der Waals surface area contributed by atoms with Crippen LogP contribution in [-0.2, 0) is 43.7 Å². The van der Waals surface area contributed by atoms with Crippen LogP contribution >= 0.6 is 24.1 Å². The van der Waals surface area contributed by atoms with E-state index in [2.05, 4.69) is 74.9 Å². The molecule has 25 nitrogen and oxygen atoms in total. The Bertz CT molecular complexity index is 2280. The molecule has 0 bridgehead atoms. The monoisotopic (exact) mass is 977 g/mol. The predicted molar refractivity (Wildman–Crippen MR) is 201 cm³/mol. The summed E-state index contributed by atoms with van der Waals surface area (Å²) in [5.41, 5.74) is 0.825. The normalized spacial score (nSPS) is 11.3. The Morgan fingerprint density at radius 3 is 1.98 bits per heavy atom. The fourth-order valence-corrected chi connectivity index (χ4v) is 6.12. The van der Waals surface area contributed by atoms with Gasteiger partial charge in [0, 0.05) is 47.6 Å². The summed E-state index contributed by atoms with van der Waals surface area (Å²) in [4.78, 5) is 28.6.